The van der Waals surface area contributed by atoms with Gasteiger partial charge in [-0.05, 0) is 23.8 Å². The maximum atomic E-state index is 14.2. The molecule has 0 radical (unpaired) electrons. The zero-order chi connectivity index (χ0) is 17.4. The molecule has 2 aromatic carbocycles. The summed E-state index contributed by atoms with van der Waals surface area (Å²) in [6.45, 7) is 0. The normalized spacial score (nSPS) is 16.2. The van der Waals surface area contributed by atoms with Crippen molar-refractivity contribution in [3.63, 3.8) is 0 Å². The topological polar surface area (TPSA) is 54.0 Å². The fraction of sp³-hybridized carbons (Fsp3) is 0.111. The minimum atomic E-state index is -0.656. The molecule has 7 heteroatoms. The number of benzene rings is 2. The van der Waals surface area contributed by atoms with E-state index in [0.29, 0.717) is 16.5 Å². The van der Waals surface area contributed by atoms with Crippen LogP contribution >= 0.6 is 11.3 Å². The quantitative estimate of drug-likeness (QED) is 0.718. The van der Waals surface area contributed by atoms with E-state index in [1.54, 1.807) is 0 Å². The second-order valence-corrected chi connectivity index (χ2v) is 6.72. The van der Waals surface area contributed by atoms with E-state index < -0.39 is 17.6 Å². The predicted molar refractivity (Wildman–Crippen MR) is 93.3 cm³/mol. The van der Waals surface area contributed by atoms with Crippen molar-refractivity contribution < 1.29 is 13.6 Å². The number of nitrogens with zero attached hydrogens (tertiary/aromatic N) is 1. The van der Waals surface area contributed by atoms with Crippen molar-refractivity contribution >= 4 is 33.9 Å². The third-order valence-electron chi connectivity index (χ3n) is 3.98. The van der Waals surface area contributed by atoms with E-state index in [0.717, 1.165) is 16.6 Å². The number of carbonyl (C=O) groups excluding carboxylic acids is 1. The zero-order valence-electron chi connectivity index (χ0n) is 12.9. The highest BCUT2D eigenvalue weighted by Crippen LogP contribution is 2.43. The van der Waals surface area contributed by atoms with E-state index in [4.69, 9.17) is 0 Å². The van der Waals surface area contributed by atoms with Gasteiger partial charge in [-0.1, -0.05) is 35.6 Å². The van der Waals surface area contributed by atoms with E-state index >= 15 is 0 Å². The number of aromatic nitrogens is 1. The molecule has 2 heterocycles. The first-order valence-corrected chi connectivity index (χ1v) is 8.49. The van der Waals surface area contributed by atoms with Crippen molar-refractivity contribution in [2.75, 3.05) is 10.6 Å². The Hall–Kier alpha value is -2.80. The molecule has 0 saturated heterocycles. The molecule has 0 spiro atoms. The lowest BCUT2D eigenvalue weighted by atomic mass is 9.91. The first-order valence-electron chi connectivity index (χ1n) is 7.68. The largest absolute Gasteiger partial charge is 0.331 e. The van der Waals surface area contributed by atoms with Gasteiger partial charge in [-0.15, -0.1) is 0 Å². The van der Waals surface area contributed by atoms with Crippen LogP contribution in [0.15, 0.2) is 48.5 Å². The van der Waals surface area contributed by atoms with Gasteiger partial charge in [-0.2, -0.15) is 0 Å². The second kappa shape index (κ2) is 6.25. The lowest BCUT2D eigenvalue weighted by Crippen LogP contribution is -2.23. The average molecular weight is 357 g/mol. The molecule has 4 rings (SSSR count). The molecule has 0 aliphatic carbocycles. The fourth-order valence-corrected chi connectivity index (χ4v) is 3.91. The number of fused-ring (bicyclic) bond motifs is 1. The van der Waals surface area contributed by atoms with Crippen molar-refractivity contribution in [2.24, 2.45) is 0 Å². The van der Waals surface area contributed by atoms with Crippen LogP contribution < -0.4 is 10.6 Å². The van der Waals surface area contributed by atoms with Crippen LogP contribution in [0.1, 0.15) is 22.8 Å². The molecule has 3 aromatic rings. The first-order chi connectivity index (χ1) is 12.1. The molecular formula is C18H13F2N3OS. The molecule has 0 saturated carbocycles. The molecule has 0 unspecified atom stereocenters. The lowest BCUT2D eigenvalue weighted by molar-refractivity contribution is -0.116. The van der Waals surface area contributed by atoms with Gasteiger partial charge in [0, 0.05) is 24.1 Å². The van der Waals surface area contributed by atoms with Gasteiger partial charge >= 0.3 is 0 Å². The Labute approximate surface area is 146 Å². The van der Waals surface area contributed by atoms with E-state index in [1.807, 2.05) is 30.3 Å². The van der Waals surface area contributed by atoms with Gasteiger partial charge in [-0.3, -0.25) is 4.79 Å². The monoisotopic (exact) mass is 357 g/mol. The highest BCUT2D eigenvalue weighted by molar-refractivity contribution is 7.16. The van der Waals surface area contributed by atoms with Gasteiger partial charge < -0.3 is 10.6 Å². The lowest BCUT2D eigenvalue weighted by Gasteiger charge is -2.21. The fourth-order valence-electron chi connectivity index (χ4n) is 2.85. The SMILES string of the molecule is O=C1C[C@@H](c2ccc(F)cc2F)c2sc(Nc3ccccc3)nc2N1. The summed E-state index contributed by atoms with van der Waals surface area (Å²) in [5.74, 6) is -1.59. The number of rotatable bonds is 3. The number of nitrogens with one attached hydrogen (secondary N) is 2. The summed E-state index contributed by atoms with van der Waals surface area (Å²) in [5, 5.41) is 6.50. The summed E-state index contributed by atoms with van der Waals surface area (Å²) in [4.78, 5) is 17.1. The molecule has 1 aromatic heterocycles. The van der Waals surface area contributed by atoms with Crippen molar-refractivity contribution in [1.82, 2.24) is 4.98 Å². The van der Waals surface area contributed by atoms with Crippen LogP contribution in [0.4, 0.5) is 25.4 Å². The zero-order valence-corrected chi connectivity index (χ0v) is 13.7. The predicted octanol–water partition coefficient (Wildman–Crippen LogP) is 4.64. The molecule has 2 N–H and O–H groups in total. The molecule has 126 valence electrons. The Morgan fingerprint density at radius 3 is 2.72 bits per heavy atom. The molecule has 0 fully saturated rings. The number of hydrogen-bond acceptors (Lipinski definition) is 4. The summed E-state index contributed by atoms with van der Waals surface area (Å²) in [6.07, 6.45) is 0.0997. The third-order valence-corrected chi connectivity index (χ3v) is 5.06. The minimum absolute atomic E-state index is 0.0997. The third kappa shape index (κ3) is 3.10. The Bertz CT molecular complexity index is 943. The number of carbonyl (C=O) groups is 1. The van der Waals surface area contributed by atoms with E-state index in [1.165, 1.54) is 23.5 Å². The van der Waals surface area contributed by atoms with Gasteiger partial charge in [-0.25, -0.2) is 13.8 Å². The Morgan fingerprint density at radius 1 is 1.16 bits per heavy atom. The maximum Gasteiger partial charge on any atom is 0.226 e. The summed E-state index contributed by atoms with van der Waals surface area (Å²) in [5.41, 5.74) is 1.16. The number of para-hydroxylation sites is 1. The molecule has 0 bridgehead atoms. The average Bonchev–Trinajstić information content (AvgIpc) is 2.97. The van der Waals surface area contributed by atoms with Crippen LogP contribution in [0.25, 0.3) is 0 Å². The number of amides is 1. The van der Waals surface area contributed by atoms with Crippen LogP contribution in [0, 0.1) is 11.6 Å². The summed E-state index contributed by atoms with van der Waals surface area (Å²) in [7, 11) is 0. The molecule has 1 amide bonds. The van der Waals surface area contributed by atoms with E-state index in [-0.39, 0.29) is 12.3 Å². The number of thiazole rings is 1. The highest BCUT2D eigenvalue weighted by Gasteiger charge is 2.32. The number of hydrogen-bond donors (Lipinski definition) is 2. The van der Waals surface area contributed by atoms with Crippen molar-refractivity contribution in [3.8, 4) is 0 Å². The minimum Gasteiger partial charge on any atom is -0.331 e. The van der Waals surface area contributed by atoms with Crippen molar-refractivity contribution in [2.45, 2.75) is 12.3 Å². The molecule has 25 heavy (non-hydrogen) atoms. The first kappa shape index (κ1) is 15.7. The van der Waals surface area contributed by atoms with Gasteiger partial charge in [0.15, 0.2) is 5.13 Å². The molecule has 1 aliphatic rings. The Morgan fingerprint density at radius 2 is 1.96 bits per heavy atom. The van der Waals surface area contributed by atoms with E-state index in [9.17, 15) is 13.6 Å². The Kier molecular flexibility index (Phi) is 3.93. The second-order valence-electron chi connectivity index (χ2n) is 5.69. The van der Waals surface area contributed by atoms with Crippen molar-refractivity contribution in [1.29, 1.82) is 0 Å². The van der Waals surface area contributed by atoms with Crippen molar-refractivity contribution in [3.05, 3.63) is 70.6 Å². The standard InChI is InChI=1S/C18H13F2N3OS/c19-10-6-7-12(14(20)8-10)13-9-15(24)22-17-16(13)25-18(23-17)21-11-4-2-1-3-5-11/h1-8,13H,9H2,(H,21,23)(H,22,24)/t13-/m0/s1. The number of anilines is 3. The number of halogens is 2. The van der Waals surface area contributed by atoms with Gasteiger partial charge in [0.25, 0.3) is 0 Å². The van der Waals surface area contributed by atoms with Gasteiger partial charge in [0.2, 0.25) is 5.91 Å². The van der Waals surface area contributed by atoms with Gasteiger partial charge in [0.1, 0.15) is 17.5 Å². The van der Waals surface area contributed by atoms with Crippen LogP contribution in [-0.4, -0.2) is 10.9 Å². The van der Waals surface area contributed by atoms with E-state index in [2.05, 4.69) is 15.6 Å². The summed E-state index contributed by atoms with van der Waals surface area (Å²) < 4.78 is 27.4. The summed E-state index contributed by atoms with van der Waals surface area (Å²) in [6, 6.07) is 12.9. The Balaban J connectivity index is 1.71. The van der Waals surface area contributed by atoms with Crippen LogP contribution in [-0.2, 0) is 4.79 Å². The smallest absolute Gasteiger partial charge is 0.226 e. The van der Waals surface area contributed by atoms with Crippen LogP contribution in [0.5, 0.6) is 0 Å². The molecule has 1 atom stereocenters. The summed E-state index contributed by atoms with van der Waals surface area (Å²) >= 11 is 1.35. The molecular weight excluding hydrogens is 344 g/mol. The van der Waals surface area contributed by atoms with Gasteiger partial charge in [0.05, 0.1) is 4.88 Å². The van der Waals surface area contributed by atoms with Crippen LogP contribution in [0.3, 0.4) is 0 Å². The highest BCUT2D eigenvalue weighted by atomic mass is 32.1. The molecule has 1 aliphatic heterocycles. The molecule has 4 nitrogen and oxygen atoms in total. The van der Waals surface area contributed by atoms with Crippen LogP contribution in [0.2, 0.25) is 0 Å². The maximum absolute atomic E-state index is 14.2.